The van der Waals surface area contributed by atoms with Crippen molar-refractivity contribution in [1.29, 1.82) is 0 Å². The number of rotatable bonds is 5. The molecule has 0 N–H and O–H groups in total. The van der Waals surface area contributed by atoms with Gasteiger partial charge in [0.05, 0.1) is 0 Å². The van der Waals surface area contributed by atoms with Crippen LogP contribution in [0.3, 0.4) is 0 Å². The van der Waals surface area contributed by atoms with Crippen LogP contribution in [0.15, 0.2) is 212 Å². The third-order valence-corrected chi connectivity index (χ3v) is 11.4. The van der Waals surface area contributed by atoms with Gasteiger partial charge in [-0.25, -0.2) is 0 Å². The SMILES string of the molecule is c1cc(-c2cccc3ccccc23)cc(N(c2ccc(-c3ccc4c(ccc5ccccc54)c3)cc2)c2ccc3c4ccccc4c4ccccc4c3c2)c1. The van der Waals surface area contributed by atoms with E-state index in [4.69, 9.17) is 0 Å². The van der Waals surface area contributed by atoms with Gasteiger partial charge in [0, 0.05) is 17.1 Å². The fourth-order valence-corrected chi connectivity index (χ4v) is 8.77. The van der Waals surface area contributed by atoms with Crippen LogP contribution >= 0.6 is 0 Å². The van der Waals surface area contributed by atoms with E-state index in [9.17, 15) is 0 Å². The maximum atomic E-state index is 2.41. The van der Waals surface area contributed by atoms with Crippen LogP contribution in [0.2, 0.25) is 0 Å². The lowest BCUT2D eigenvalue weighted by molar-refractivity contribution is 1.29. The minimum absolute atomic E-state index is 1.11. The topological polar surface area (TPSA) is 3.24 Å². The standard InChI is InChI=1S/C54H35N/c1-3-16-45-37(11-1)13-10-22-47(45)40-14-9-15-43(34-40)55(44-30-32-53-51-20-6-5-18-49(51)50-19-7-8-21-52(50)54(53)35-44)42-28-25-36(26-29-42)39-27-31-48-41(33-39)24-23-38-12-2-4-17-46(38)48/h1-35H. The van der Waals surface area contributed by atoms with E-state index >= 15 is 0 Å². The van der Waals surface area contributed by atoms with Gasteiger partial charge in [0.15, 0.2) is 0 Å². The number of hydrogen-bond donors (Lipinski definition) is 0. The van der Waals surface area contributed by atoms with Crippen LogP contribution in [0.4, 0.5) is 17.1 Å². The fraction of sp³-hybridized carbons (Fsp3) is 0. The lowest BCUT2D eigenvalue weighted by atomic mass is 9.93. The predicted octanol–water partition coefficient (Wildman–Crippen LogP) is 15.4. The first-order valence-electron chi connectivity index (χ1n) is 19.0. The summed E-state index contributed by atoms with van der Waals surface area (Å²) in [5, 5.41) is 15.2. The fourth-order valence-electron chi connectivity index (χ4n) is 8.77. The highest BCUT2D eigenvalue weighted by atomic mass is 15.1. The average Bonchev–Trinajstić information content (AvgIpc) is 3.26. The molecular formula is C54H35N. The molecule has 11 rings (SSSR count). The van der Waals surface area contributed by atoms with E-state index in [0.717, 1.165) is 17.1 Å². The van der Waals surface area contributed by atoms with Crippen LogP contribution in [-0.2, 0) is 0 Å². The molecule has 0 bridgehead atoms. The van der Waals surface area contributed by atoms with Crippen LogP contribution in [0.5, 0.6) is 0 Å². The van der Waals surface area contributed by atoms with Crippen molar-refractivity contribution in [3.63, 3.8) is 0 Å². The average molecular weight is 698 g/mol. The molecule has 0 aliphatic carbocycles. The zero-order valence-electron chi connectivity index (χ0n) is 30.2. The Hall–Kier alpha value is -7.22. The van der Waals surface area contributed by atoms with E-state index in [1.54, 1.807) is 0 Å². The summed E-state index contributed by atoms with van der Waals surface area (Å²) < 4.78 is 0. The molecule has 1 nitrogen and oxygen atoms in total. The molecule has 0 unspecified atom stereocenters. The summed E-state index contributed by atoms with van der Waals surface area (Å²) >= 11 is 0. The normalized spacial score (nSPS) is 11.6. The Balaban J connectivity index is 1.08. The third kappa shape index (κ3) is 5.24. The van der Waals surface area contributed by atoms with Crippen LogP contribution < -0.4 is 4.90 Å². The zero-order chi connectivity index (χ0) is 36.3. The first-order chi connectivity index (χ1) is 27.3. The van der Waals surface area contributed by atoms with Gasteiger partial charge in [-0.05, 0) is 129 Å². The Kier molecular flexibility index (Phi) is 7.25. The van der Waals surface area contributed by atoms with Gasteiger partial charge in [0.1, 0.15) is 0 Å². The summed E-state index contributed by atoms with van der Waals surface area (Å²) in [6.07, 6.45) is 0. The highest BCUT2D eigenvalue weighted by Gasteiger charge is 2.17. The third-order valence-electron chi connectivity index (χ3n) is 11.4. The number of benzene rings is 11. The quantitative estimate of drug-likeness (QED) is 0.162. The second kappa shape index (κ2) is 12.7. The van der Waals surface area contributed by atoms with Crippen LogP contribution in [0.25, 0.3) is 86.9 Å². The monoisotopic (exact) mass is 697 g/mol. The van der Waals surface area contributed by atoms with Gasteiger partial charge in [-0.1, -0.05) is 170 Å². The highest BCUT2D eigenvalue weighted by Crippen LogP contribution is 2.42. The molecule has 0 saturated heterocycles. The maximum absolute atomic E-state index is 2.41. The molecule has 55 heavy (non-hydrogen) atoms. The van der Waals surface area contributed by atoms with Gasteiger partial charge < -0.3 is 4.90 Å². The van der Waals surface area contributed by atoms with Crippen molar-refractivity contribution in [2.45, 2.75) is 0 Å². The van der Waals surface area contributed by atoms with Crippen molar-refractivity contribution in [2.75, 3.05) is 4.90 Å². The lowest BCUT2D eigenvalue weighted by Gasteiger charge is -2.27. The first-order valence-corrected chi connectivity index (χ1v) is 19.0. The molecule has 0 radical (unpaired) electrons. The molecule has 0 atom stereocenters. The molecule has 11 aromatic rings. The second-order valence-electron chi connectivity index (χ2n) is 14.5. The molecule has 0 heterocycles. The minimum Gasteiger partial charge on any atom is -0.310 e. The van der Waals surface area contributed by atoms with E-state index in [0.29, 0.717) is 0 Å². The Labute approximate surface area is 320 Å². The Bertz CT molecular complexity index is 3220. The molecule has 0 saturated carbocycles. The van der Waals surface area contributed by atoms with Gasteiger partial charge in [0.25, 0.3) is 0 Å². The molecule has 1 heteroatoms. The summed E-state index contributed by atoms with van der Waals surface area (Å²) in [6.45, 7) is 0. The Morgan fingerprint density at radius 2 is 0.709 bits per heavy atom. The van der Waals surface area contributed by atoms with E-state index in [2.05, 4.69) is 217 Å². The molecule has 256 valence electrons. The summed E-state index contributed by atoms with van der Waals surface area (Å²) in [5.41, 5.74) is 8.16. The van der Waals surface area contributed by atoms with Crippen molar-refractivity contribution in [2.24, 2.45) is 0 Å². The second-order valence-corrected chi connectivity index (χ2v) is 14.5. The van der Waals surface area contributed by atoms with E-state index in [1.165, 1.54) is 86.9 Å². The molecule has 0 amide bonds. The van der Waals surface area contributed by atoms with Crippen molar-refractivity contribution in [1.82, 2.24) is 0 Å². The minimum atomic E-state index is 1.11. The van der Waals surface area contributed by atoms with Crippen molar-refractivity contribution in [3.8, 4) is 22.3 Å². The molecule has 0 fully saturated rings. The van der Waals surface area contributed by atoms with Crippen molar-refractivity contribution >= 4 is 81.7 Å². The van der Waals surface area contributed by atoms with Gasteiger partial charge in [-0.15, -0.1) is 0 Å². The van der Waals surface area contributed by atoms with E-state index < -0.39 is 0 Å². The first kappa shape index (κ1) is 31.3. The summed E-state index contributed by atoms with van der Waals surface area (Å²) in [4.78, 5) is 2.41. The summed E-state index contributed by atoms with van der Waals surface area (Å²) in [6, 6.07) is 77.9. The van der Waals surface area contributed by atoms with Crippen LogP contribution in [0, 0.1) is 0 Å². The number of nitrogens with zero attached hydrogens (tertiary/aromatic N) is 1. The Morgan fingerprint density at radius 3 is 1.45 bits per heavy atom. The van der Waals surface area contributed by atoms with Crippen molar-refractivity contribution in [3.05, 3.63) is 212 Å². The maximum Gasteiger partial charge on any atom is 0.0468 e. The molecule has 0 aromatic heterocycles. The van der Waals surface area contributed by atoms with Gasteiger partial charge in [0.2, 0.25) is 0 Å². The number of hydrogen-bond acceptors (Lipinski definition) is 1. The Morgan fingerprint density at radius 1 is 0.218 bits per heavy atom. The van der Waals surface area contributed by atoms with Gasteiger partial charge in [-0.3, -0.25) is 0 Å². The predicted molar refractivity (Wildman–Crippen MR) is 237 cm³/mol. The smallest absolute Gasteiger partial charge is 0.0468 e. The summed E-state index contributed by atoms with van der Waals surface area (Å²) in [5.74, 6) is 0. The summed E-state index contributed by atoms with van der Waals surface area (Å²) in [7, 11) is 0. The van der Waals surface area contributed by atoms with E-state index in [-0.39, 0.29) is 0 Å². The molecule has 0 aliphatic heterocycles. The van der Waals surface area contributed by atoms with Crippen LogP contribution in [-0.4, -0.2) is 0 Å². The zero-order valence-corrected chi connectivity index (χ0v) is 30.2. The van der Waals surface area contributed by atoms with E-state index in [1.807, 2.05) is 0 Å². The molecule has 0 aliphatic rings. The lowest BCUT2D eigenvalue weighted by Crippen LogP contribution is -2.10. The highest BCUT2D eigenvalue weighted by molar-refractivity contribution is 6.25. The van der Waals surface area contributed by atoms with Gasteiger partial charge >= 0.3 is 0 Å². The van der Waals surface area contributed by atoms with Crippen molar-refractivity contribution < 1.29 is 0 Å². The number of anilines is 3. The molecular weight excluding hydrogens is 663 g/mol. The van der Waals surface area contributed by atoms with Gasteiger partial charge in [-0.2, -0.15) is 0 Å². The largest absolute Gasteiger partial charge is 0.310 e. The molecule has 11 aromatic carbocycles. The molecule has 0 spiro atoms. The van der Waals surface area contributed by atoms with Crippen LogP contribution in [0.1, 0.15) is 0 Å². The number of fused-ring (bicyclic) bond motifs is 10.